The molecule has 1 rings (SSSR count). The molecule has 0 spiro atoms. The van der Waals surface area contributed by atoms with Crippen molar-refractivity contribution in [2.24, 2.45) is 0 Å². The fourth-order valence-corrected chi connectivity index (χ4v) is 1.65. The maximum Gasteiger partial charge on any atom is 0.257 e. The molecule has 2 N–H and O–H groups in total. The van der Waals surface area contributed by atoms with E-state index in [9.17, 15) is 4.79 Å². The highest BCUT2D eigenvalue weighted by Crippen LogP contribution is 2.12. The summed E-state index contributed by atoms with van der Waals surface area (Å²) in [7, 11) is 0. The molecule has 0 heterocycles. The van der Waals surface area contributed by atoms with Gasteiger partial charge in [-0.2, -0.15) is 0 Å². The minimum atomic E-state index is -0.217. The molecule has 0 aliphatic carbocycles. The van der Waals surface area contributed by atoms with Crippen LogP contribution < -0.4 is 15.4 Å². The number of carbonyl (C=O) groups excluding carboxylic acids is 1. The first-order valence-electron chi connectivity index (χ1n) is 6.49. The molecule has 0 aromatic heterocycles. The summed E-state index contributed by atoms with van der Waals surface area (Å²) in [5.41, 5.74) is 0.558. The molecule has 5 heteroatoms. The number of rotatable bonds is 6. The minimum Gasteiger partial charge on any atom is -0.494 e. The molecular formula is C14H20N2O2S. The average molecular weight is 280 g/mol. The summed E-state index contributed by atoms with van der Waals surface area (Å²) >= 11 is 4.96. The normalized spacial score (nSPS) is 9.79. The lowest BCUT2D eigenvalue weighted by Crippen LogP contribution is -2.38. The van der Waals surface area contributed by atoms with Crippen LogP contribution in [0.4, 0.5) is 0 Å². The topological polar surface area (TPSA) is 50.4 Å². The van der Waals surface area contributed by atoms with Gasteiger partial charge in [-0.05, 0) is 49.8 Å². The van der Waals surface area contributed by atoms with Crippen molar-refractivity contribution in [3.63, 3.8) is 0 Å². The number of carbonyl (C=O) groups is 1. The van der Waals surface area contributed by atoms with Crippen molar-refractivity contribution in [1.82, 2.24) is 10.6 Å². The molecule has 1 amide bonds. The Morgan fingerprint density at radius 3 is 2.53 bits per heavy atom. The van der Waals surface area contributed by atoms with E-state index in [-0.39, 0.29) is 5.91 Å². The van der Waals surface area contributed by atoms with Crippen LogP contribution in [0.1, 0.15) is 37.0 Å². The zero-order valence-corrected chi connectivity index (χ0v) is 12.2. The van der Waals surface area contributed by atoms with Gasteiger partial charge in [-0.15, -0.1) is 0 Å². The third-order valence-electron chi connectivity index (χ3n) is 2.45. The van der Waals surface area contributed by atoms with Crippen LogP contribution in [0.25, 0.3) is 0 Å². The lowest BCUT2D eigenvalue weighted by atomic mass is 10.2. The Labute approximate surface area is 119 Å². The largest absolute Gasteiger partial charge is 0.494 e. The van der Waals surface area contributed by atoms with Gasteiger partial charge in [0.25, 0.3) is 5.91 Å². The van der Waals surface area contributed by atoms with Crippen LogP contribution in [0, 0.1) is 0 Å². The first-order valence-corrected chi connectivity index (χ1v) is 6.90. The third kappa shape index (κ3) is 5.70. The Bertz CT molecular complexity index is 418. The smallest absolute Gasteiger partial charge is 0.257 e. The minimum absolute atomic E-state index is 0.217. The lowest BCUT2D eigenvalue weighted by Gasteiger charge is -2.08. The van der Waals surface area contributed by atoms with Gasteiger partial charge in [-0.25, -0.2) is 0 Å². The van der Waals surface area contributed by atoms with Crippen molar-refractivity contribution in [3.8, 4) is 5.75 Å². The van der Waals surface area contributed by atoms with E-state index < -0.39 is 0 Å². The van der Waals surface area contributed by atoms with Crippen LogP contribution in [-0.4, -0.2) is 24.2 Å². The lowest BCUT2D eigenvalue weighted by molar-refractivity contribution is 0.0976. The highest BCUT2D eigenvalue weighted by Gasteiger charge is 2.07. The van der Waals surface area contributed by atoms with Crippen LogP contribution in [0.2, 0.25) is 0 Å². The second kappa shape index (κ2) is 8.48. The van der Waals surface area contributed by atoms with Gasteiger partial charge in [0, 0.05) is 12.1 Å². The Morgan fingerprint density at radius 2 is 1.95 bits per heavy atom. The van der Waals surface area contributed by atoms with Crippen molar-refractivity contribution in [2.75, 3.05) is 13.2 Å². The molecule has 0 saturated heterocycles. The number of unbranched alkanes of at least 4 members (excludes halogenated alkanes) is 1. The van der Waals surface area contributed by atoms with E-state index in [0.717, 1.165) is 18.6 Å². The zero-order valence-electron chi connectivity index (χ0n) is 11.4. The Hall–Kier alpha value is -1.62. The second-order valence-corrected chi connectivity index (χ2v) is 4.45. The van der Waals surface area contributed by atoms with Crippen LogP contribution in [0.3, 0.4) is 0 Å². The number of benzene rings is 1. The molecular weight excluding hydrogens is 260 g/mol. The molecule has 19 heavy (non-hydrogen) atoms. The molecule has 1 aromatic rings. The van der Waals surface area contributed by atoms with Crippen molar-refractivity contribution >= 4 is 23.2 Å². The highest BCUT2D eigenvalue weighted by molar-refractivity contribution is 7.80. The molecule has 0 aliphatic heterocycles. The van der Waals surface area contributed by atoms with Crippen molar-refractivity contribution < 1.29 is 9.53 Å². The highest BCUT2D eigenvalue weighted by atomic mass is 32.1. The molecule has 0 atom stereocenters. The van der Waals surface area contributed by atoms with Gasteiger partial charge in [0.15, 0.2) is 5.11 Å². The molecule has 1 aromatic carbocycles. The van der Waals surface area contributed by atoms with Gasteiger partial charge in [0.05, 0.1) is 6.61 Å². The van der Waals surface area contributed by atoms with E-state index in [4.69, 9.17) is 17.0 Å². The van der Waals surface area contributed by atoms with E-state index in [1.807, 2.05) is 6.92 Å². The Kier molecular flexibility index (Phi) is 6.89. The fraction of sp³-hybridized carbons (Fsp3) is 0.429. The predicted molar refractivity (Wildman–Crippen MR) is 80.6 cm³/mol. The number of amides is 1. The van der Waals surface area contributed by atoms with Crippen molar-refractivity contribution in [1.29, 1.82) is 0 Å². The van der Waals surface area contributed by atoms with Crippen molar-refractivity contribution in [2.45, 2.75) is 26.7 Å². The van der Waals surface area contributed by atoms with E-state index in [2.05, 4.69) is 17.6 Å². The third-order valence-corrected chi connectivity index (χ3v) is 2.69. The standard InChI is InChI=1S/C14H20N2O2S/c1-3-5-10-18-12-8-6-11(7-9-12)13(17)16-14(19)15-4-2/h6-9H,3-5,10H2,1-2H3,(H2,15,16,17,19). The monoisotopic (exact) mass is 280 g/mol. The predicted octanol–water partition coefficient (Wildman–Crippen LogP) is 2.49. The van der Waals surface area contributed by atoms with Gasteiger partial charge < -0.3 is 10.1 Å². The first kappa shape index (κ1) is 15.4. The maximum atomic E-state index is 11.8. The summed E-state index contributed by atoms with van der Waals surface area (Å²) in [5, 5.41) is 5.82. The number of ether oxygens (including phenoxy) is 1. The van der Waals surface area contributed by atoms with E-state index in [0.29, 0.717) is 23.8 Å². The van der Waals surface area contributed by atoms with Crippen LogP contribution in [0.5, 0.6) is 5.75 Å². The molecule has 104 valence electrons. The summed E-state index contributed by atoms with van der Waals surface area (Å²) < 4.78 is 5.53. The number of hydrogen-bond donors (Lipinski definition) is 2. The molecule has 0 bridgehead atoms. The summed E-state index contributed by atoms with van der Waals surface area (Å²) in [4.78, 5) is 11.8. The van der Waals surface area contributed by atoms with E-state index >= 15 is 0 Å². The molecule has 0 radical (unpaired) electrons. The number of thiocarbonyl (C=S) groups is 1. The summed E-state index contributed by atoms with van der Waals surface area (Å²) in [6, 6.07) is 7.04. The van der Waals surface area contributed by atoms with Crippen molar-refractivity contribution in [3.05, 3.63) is 29.8 Å². The van der Waals surface area contributed by atoms with Gasteiger partial charge in [-0.3, -0.25) is 10.1 Å². The Morgan fingerprint density at radius 1 is 1.26 bits per heavy atom. The average Bonchev–Trinajstić information content (AvgIpc) is 2.40. The van der Waals surface area contributed by atoms with Gasteiger partial charge in [0.2, 0.25) is 0 Å². The number of hydrogen-bond acceptors (Lipinski definition) is 3. The van der Waals surface area contributed by atoms with E-state index in [1.165, 1.54) is 0 Å². The van der Waals surface area contributed by atoms with Gasteiger partial charge in [-0.1, -0.05) is 13.3 Å². The molecule has 4 nitrogen and oxygen atoms in total. The SMILES string of the molecule is CCCCOc1ccc(C(=O)NC(=S)NCC)cc1. The molecule has 0 fully saturated rings. The summed E-state index contributed by atoms with van der Waals surface area (Å²) in [6.07, 6.45) is 2.13. The number of nitrogens with one attached hydrogen (secondary N) is 2. The molecule has 0 aliphatic rings. The van der Waals surface area contributed by atoms with Crippen LogP contribution in [0.15, 0.2) is 24.3 Å². The zero-order chi connectivity index (χ0) is 14.1. The summed E-state index contributed by atoms with van der Waals surface area (Å²) in [5.74, 6) is 0.560. The first-order chi connectivity index (χ1) is 9.17. The molecule has 0 unspecified atom stereocenters. The van der Waals surface area contributed by atoms with E-state index in [1.54, 1.807) is 24.3 Å². The fourth-order valence-electron chi connectivity index (χ4n) is 1.42. The van der Waals surface area contributed by atoms with Crippen LogP contribution in [-0.2, 0) is 0 Å². The van der Waals surface area contributed by atoms with Gasteiger partial charge in [0.1, 0.15) is 5.75 Å². The maximum absolute atomic E-state index is 11.8. The molecule has 0 saturated carbocycles. The second-order valence-electron chi connectivity index (χ2n) is 4.04. The summed E-state index contributed by atoms with van der Waals surface area (Å²) in [6.45, 7) is 5.42. The van der Waals surface area contributed by atoms with Gasteiger partial charge >= 0.3 is 0 Å². The Balaban J connectivity index is 2.50. The van der Waals surface area contributed by atoms with Crippen LogP contribution >= 0.6 is 12.2 Å². The quantitative estimate of drug-likeness (QED) is 0.621.